The van der Waals surface area contributed by atoms with Crippen LogP contribution in [0.5, 0.6) is 11.5 Å². The first-order valence-electron chi connectivity index (χ1n) is 9.13. The van der Waals surface area contributed by atoms with Crippen LogP contribution in [0.2, 0.25) is 0 Å². The van der Waals surface area contributed by atoms with Gasteiger partial charge in [-0.1, -0.05) is 12.1 Å². The van der Waals surface area contributed by atoms with Gasteiger partial charge in [-0.15, -0.1) is 0 Å². The molecule has 7 nitrogen and oxygen atoms in total. The molecule has 3 aromatic rings. The van der Waals surface area contributed by atoms with Crippen molar-refractivity contribution in [3.63, 3.8) is 0 Å². The summed E-state index contributed by atoms with van der Waals surface area (Å²) in [5.41, 5.74) is 2.29. The molecule has 9 heteroatoms. The number of hydrogen-bond donors (Lipinski definition) is 0. The van der Waals surface area contributed by atoms with Gasteiger partial charge in [0.1, 0.15) is 10.7 Å². The Morgan fingerprint density at radius 2 is 1.90 bits per heavy atom. The van der Waals surface area contributed by atoms with E-state index < -0.39 is 21.9 Å². The second-order valence-electron chi connectivity index (χ2n) is 7.02. The molecule has 0 radical (unpaired) electrons. The predicted molar refractivity (Wildman–Crippen MR) is 102 cm³/mol. The highest BCUT2D eigenvalue weighted by Crippen LogP contribution is 2.44. The van der Waals surface area contributed by atoms with Crippen molar-refractivity contribution < 1.29 is 22.3 Å². The maximum Gasteiger partial charge on any atom is 0.246 e. The monoisotopic (exact) mass is 415 g/mol. The van der Waals surface area contributed by atoms with Crippen molar-refractivity contribution in [2.24, 2.45) is 7.05 Å². The lowest BCUT2D eigenvalue weighted by Crippen LogP contribution is -2.41. The van der Waals surface area contributed by atoms with Crippen molar-refractivity contribution in [2.75, 3.05) is 13.3 Å². The highest BCUT2D eigenvalue weighted by Gasteiger charge is 2.40. The second kappa shape index (κ2) is 6.57. The third-order valence-electron chi connectivity index (χ3n) is 5.26. The van der Waals surface area contributed by atoms with E-state index in [1.165, 1.54) is 22.5 Å². The summed E-state index contributed by atoms with van der Waals surface area (Å²) >= 11 is 0. The molecule has 2 aromatic carbocycles. The number of ether oxygens (including phenoxy) is 2. The Morgan fingerprint density at radius 1 is 1.14 bits per heavy atom. The number of aryl methyl sites for hydroxylation is 1. The molecule has 5 rings (SSSR count). The molecule has 0 spiro atoms. The Bertz CT molecular complexity index is 1210. The number of sulfonamides is 1. The average Bonchev–Trinajstić information content (AvgIpc) is 3.33. The summed E-state index contributed by atoms with van der Waals surface area (Å²) in [4.78, 5) is -0.342. The van der Waals surface area contributed by atoms with Crippen LogP contribution < -0.4 is 9.47 Å². The molecule has 0 saturated heterocycles. The number of nitrogens with zero attached hydrogens (tertiary/aromatic N) is 3. The van der Waals surface area contributed by atoms with Crippen LogP contribution in [0, 0.1) is 5.82 Å². The molecule has 150 valence electrons. The van der Waals surface area contributed by atoms with E-state index in [0.717, 1.165) is 17.2 Å². The van der Waals surface area contributed by atoms with Crippen LogP contribution in [0.25, 0.3) is 0 Å². The van der Waals surface area contributed by atoms with E-state index in [9.17, 15) is 12.8 Å². The summed E-state index contributed by atoms with van der Waals surface area (Å²) < 4.78 is 55.2. The molecule has 1 atom stereocenters. The number of fused-ring (bicyclic) bond motifs is 2. The zero-order valence-electron chi connectivity index (χ0n) is 15.6. The minimum absolute atomic E-state index is 0.129. The molecular formula is C20H18FN3O4S. The Labute approximate surface area is 167 Å². The third-order valence-corrected chi connectivity index (χ3v) is 7.15. The largest absolute Gasteiger partial charge is 0.454 e. The quantitative estimate of drug-likeness (QED) is 0.658. The second-order valence-corrected chi connectivity index (χ2v) is 8.88. The van der Waals surface area contributed by atoms with Crippen LogP contribution in [0.3, 0.4) is 0 Å². The molecule has 0 fully saturated rings. The van der Waals surface area contributed by atoms with Gasteiger partial charge in [-0.25, -0.2) is 12.8 Å². The molecular weight excluding hydrogens is 397 g/mol. The van der Waals surface area contributed by atoms with Crippen molar-refractivity contribution in [3.8, 4) is 11.5 Å². The van der Waals surface area contributed by atoms with Crippen LogP contribution in [0.1, 0.15) is 22.9 Å². The van der Waals surface area contributed by atoms with Crippen LogP contribution in [-0.4, -0.2) is 35.8 Å². The topological polar surface area (TPSA) is 73.7 Å². The average molecular weight is 415 g/mol. The standard InChI is InChI=1S/C20H18FN3O4S/c1-23-8-7-16(22-23)20-14-11-18-17(27-12-28-18)10-13(14)6-9-24(20)29(25,26)19-5-3-2-4-15(19)21/h2-5,7-8,10-11,20H,6,9,12H2,1H3. The molecule has 2 aliphatic heterocycles. The van der Waals surface area contributed by atoms with Crippen molar-refractivity contribution in [1.29, 1.82) is 0 Å². The molecule has 0 bridgehead atoms. The van der Waals surface area contributed by atoms with Crippen LogP contribution in [0.4, 0.5) is 4.39 Å². The van der Waals surface area contributed by atoms with Gasteiger partial charge in [0.25, 0.3) is 0 Å². The van der Waals surface area contributed by atoms with Crippen LogP contribution in [-0.2, 0) is 23.5 Å². The van der Waals surface area contributed by atoms with Crippen molar-refractivity contribution in [3.05, 3.63) is 71.3 Å². The summed E-state index contributed by atoms with van der Waals surface area (Å²) in [6.45, 7) is 0.328. The number of benzene rings is 2. The molecule has 2 aliphatic rings. The first-order valence-corrected chi connectivity index (χ1v) is 10.6. The Balaban J connectivity index is 1.69. The first-order chi connectivity index (χ1) is 13.9. The number of halogens is 1. The third kappa shape index (κ3) is 2.89. The Hall–Kier alpha value is -2.91. The van der Waals surface area contributed by atoms with Gasteiger partial charge >= 0.3 is 0 Å². The molecule has 3 heterocycles. The van der Waals surface area contributed by atoms with Gasteiger partial charge in [-0.2, -0.15) is 9.40 Å². The SMILES string of the molecule is Cn1ccc(C2c3cc4c(cc3CCN2S(=O)(=O)c2ccccc2F)OCO4)n1. The van der Waals surface area contributed by atoms with E-state index in [0.29, 0.717) is 23.6 Å². The maximum absolute atomic E-state index is 14.4. The van der Waals surface area contributed by atoms with E-state index in [2.05, 4.69) is 5.10 Å². The molecule has 1 aromatic heterocycles. The smallest absolute Gasteiger partial charge is 0.246 e. The fourth-order valence-corrected chi connectivity index (χ4v) is 5.56. The van der Waals surface area contributed by atoms with Gasteiger partial charge in [0.2, 0.25) is 16.8 Å². The summed E-state index contributed by atoms with van der Waals surface area (Å²) in [6, 6.07) is 10.2. The Morgan fingerprint density at radius 3 is 2.62 bits per heavy atom. The highest BCUT2D eigenvalue weighted by atomic mass is 32.2. The molecule has 0 aliphatic carbocycles. The summed E-state index contributed by atoms with van der Waals surface area (Å²) in [5.74, 6) is 0.438. The van der Waals surface area contributed by atoms with Gasteiger partial charge in [0.15, 0.2) is 11.5 Å². The van der Waals surface area contributed by atoms with Gasteiger partial charge in [0, 0.05) is 19.8 Å². The van der Waals surface area contributed by atoms with Gasteiger partial charge in [0.05, 0.1) is 11.7 Å². The predicted octanol–water partition coefficient (Wildman–Crippen LogP) is 2.62. The molecule has 29 heavy (non-hydrogen) atoms. The van der Waals surface area contributed by atoms with E-state index in [1.54, 1.807) is 30.1 Å². The molecule has 0 N–H and O–H groups in total. The zero-order chi connectivity index (χ0) is 20.2. The minimum atomic E-state index is -4.10. The zero-order valence-corrected chi connectivity index (χ0v) is 16.4. The van der Waals surface area contributed by atoms with Crippen molar-refractivity contribution in [2.45, 2.75) is 17.4 Å². The lowest BCUT2D eigenvalue weighted by Gasteiger charge is -2.35. The highest BCUT2D eigenvalue weighted by molar-refractivity contribution is 7.89. The Kier molecular flexibility index (Phi) is 4.11. The van der Waals surface area contributed by atoms with Gasteiger partial charge in [-0.05, 0) is 47.9 Å². The van der Waals surface area contributed by atoms with E-state index in [1.807, 2.05) is 6.07 Å². The van der Waals surface area contributed by atoms with Gasteiger partial charge in [-0.3, -0.25) is 4.68 Å². The minimum Gasteiger partial charge on any atom is -0.454 e. The van der Waals surface area contributed by atoms with Crippen LogP contribution >= 0.6 is 0 Å². The van der Waals surface area contributed by atoms with Crippen LogP contribution in [0.15, 0.2) is 53.6 Å². The number of rotatable bonds is 3. The fraction of sp³-hybridized carbons (Fsp3) is 0.250. The number of hydrogen-bond acceptors (Lipinski definition) is 5. The summed E-state index contributed by atoms with van der Waals surface area (Å²) in [6.07, 6.45) is 2.23. The normalized spacial score (nSPS) is 18.6. The molecule has 0 saturated carbocycles. The molecule has 1 unspecified atom stereocenters. The summed E-state index contributed by atoms with van der Waals surface area (Å²) in [5, 5.41) is 4.45. The van der Waals surface area contributed by atoms with E-state index in [-0.39, 0.29) is 18.2 Å². The molecule has 0 amide bonds. The maximum atomic E-state index is 14.4. The summed E-state index contributed by atoms with van der Waals surface area (Å²) in [7, 11) is -2.33. The van der Waals surface area contributed by atoms with Gasteiger partial charge < -0.3 is 9.47 Å². The number of aromatic nitrogens is 2. The first kappa shape index (κ1) is 18.1. The van der Waals surface area contributed by atoms with E-state index in [4.69, 9.17) is 9.47 Å². The van der Waals surface area contributed by atoms with Crippen molar-refractivity contribution in [1.82, 2.24) is 14.1 Å². The lowest BCUT2D eigenvalue weighted by molar-refractivity contribution is 0.174. The fourth-order valence-electron chi connectivity index (χ4n) is 3.91. The lowest BCUT2D eigenvalue weighted by atomic mass is 9.92. The van der Waals surface area contributed by atoms with Crippen molar-refractivity contribution >= 4 is 10.0 Å². The van der Waals surface area contributed by atoms with E-state index >= 15 is 0 Å².